The van der Waals surface area contributed by atoms with Crippen LogP contribution in [0.2, 0.25) is 0 Å². The number of piperidine rings is 1. The van der Waals surface area contributed by atoms with Crippen molar-refractivity contribution in [2.24, 2.45) is 5.92 Å². The zero-order valence-electron chi connectivity index (χ0n) is 10.2. The summed E-state index contributed by atoms with van der Waals surface area (Å²) >= 11 is 3.24. The highest BCUT2D eigenvalue weighted by Crippen LogP contribution is 2.34. The average molecular weight is 340 g/mol. The SMILES string of the molecule is Fc1ccc(CN2CCCC(C(F)(F)F)C2)c(Br)c1. The molecule has 1 nitrogen and oxygen atoms in total. The van der Waals surface area contributed by atoms with Crippen LogP contribution in [0, 0.1) is 11.7 Å². The van der Waals surface area contributed by atoms with Crippen molar-refractivity contribution >= 4 is 15.9 Å². The molecule has 0 spiro atoms. The van der Waals surface area contributed by atoms with E-state index < -0.39 is 12.1 Å². The molecule has 0 bridgehead atoms. The topological polar surface area (TPSA) is 3.24 Å². The zero-order valence-corrected chi connectivity index (χ0v) is 11.8. The number of alkyl halides is 3. The molecule has 0 saturated carbocycles. The van der Waals surface area contributed by atoms with E-state index >= 15 is 0 Å². The van der Waals surface area contributed by atoms with E-state index in [0.29, 0.717) is 24.0 Å². The molecule has 0 aromatic heterocycles. The second kappa shape index (κ2) is 5.79. The number of rotatable bonds is 2. The molecular weight excluding hydrogens is 326 g/mol. The van der Waals surface area contributed by atoms with Crippen molar-refractivity contribution in [3.63, 3.8) is 0 Å². The molecule has 1 unspecified atom stereocenters. The highest BCUT2D eigenvalue weighted by molar-refractivity contribution is 9.10. The number of halogens is 5. The van der Waals surface area contributed by atoms with E-state index in [1.165, 1.54) is 12.1 Å². The number of likely N-dealkylation sites (tertiary alicyclic amines) is 1. The largest absolute Gasteiger partial charge is 0.393 e. The van der Waals surface area contributed by atoms with Crippen LogP contribution in [0.25, 0.3) is 0 Å². The lowest BCUT2D eigenvalue weighted by Crippen LogP contribution is -2.41. The van der Waals surface area contributed by atoms with Gasteiger partial charge in [0.25, 0.3) is 0 Å². The van der Waals surface area contributed by atoms with Crippen LogP contribution in [-0.2, 0) is 6.54 Å². The maximum atomic E-state index is 13.0. The van der Waals surface area contributed by atoms with Crippen molar-refractivity contribution in [1.29, 1.82) is 0 Å². The first-order valence-electron chi connectivity index (χ1n) is 6.09. The van der Waals surface area contributed by atoms with Gasteiger partial charge in [-0.15, -0.1) is 0 Å². The van der Waals surface area contributed by atoms with Crippen molar-refractivity contribution in [2.75, 3.05) is 13.1 Å². The van der Waals surface area contributed by atoms with Gasteiger partial charge in [-0.1, -0.05) is 22.0 Å². The van der Waals surface area contributed by atoms with E-state index in [4.69, 9.17) is 0 Å². The van der Waals surface area contributed by atoms with E-state index in [1.807, 2.05) is 0 Å². The van der Waals surface area contributed by atoms with Gasteiger partial charge in [-0.25, -0.2) is 4.39 Å². The lowest BCUT2D eigenvalue weighted by Gasteiger charge is -2.33. The Bertz CT molecular complexity index is 447. The minimum atomic E-state index is -4.13. The van der Waals surface area contributed by atoms with Crippen molar-refractivity contribution < 1.29 is 17.6 Å². The maximum Gasteiger partial charge on any atom is 0.393 e. The van der Waals surface area contributed by atoms with Crippen LogP contribution in [0.4, 0.5) is 17.6 Å². The quantitative estimate of drug-likeness (QED) is 0.723. The molecule has 1 atom stereocenters. The molecule has 1 fully saturated rings. The molecule has 0 N–H and O–H groups in total. The lowest BCUT2D eigenvalue weighted by molar-refractivity contribution is -0.187. The van der Waals surface area contributed by atoms with Crippen molar-refractivity contribution in [2.45, 2.75) is 25.6 Å². The molecule has 1 saturated heterocycles. The summed E-state index contributed by atoms with van der Waals surface area (Å²) in [6, 6.07) is 4.27. The predicted molar refractivity (Wildman–Crippen MR) is 68.2 cm³/mol. The molecule has 0 amide bonds. The van der Waals surface area contributed by atoms with Gasteiger partial charge >= 0.3 is 6.18 Å². The number of hydrogen-bond acceptors (Lipinski definition) is 1. The number of nitrogens with zero attached hydrogens (tertiary/aromatic N) is 1. The zero-order chi connectivity index (χ0) is 14.0. The molecule has 1 heterocycles. The minimum absolute atomic E-state index is 0.0211. The minimum Gasteiger partial charge on any atom is -0.298 e. The normalized spacial score (nSPS) is 21.6. The standard InChI is InChI=1S/C13H14BrF4N/c14-12-6-11(15)4-3-9(12)7-19-5-1-2-10(8-19)13(16,17)18/h3-4,6,10H,1-2,5,7-8H2. The Balaban J connectivity index is 2.03. The Kier molecular flexibility index (Phi) is 4.50. The molecule has 0 aliphatic carbocycles. The van der Waals surface area contributed by atoms with Crippen LogP contribution >= 0.6 is 15.9 Å². The molecule has 106 valence electrons. The predicted octanol–water partition coefficient (Wildman–Crippen LogP) is 4.36. The first-order valence-corrected chi connectivity index (χ1v) is 6.88. The summed E-state index contributed by atoms with van der Waals surface area (Å²) < 4.78 is 51.7. The number of benzene rings is 1. The van der Waals surface area contributed by atoms with E-state index in [-0.39, 0.29) is 18.8 Å². The molecule has 1 aromatic rings. The fourth-order valence-electron chi connectivity index (χ4n) is 2.36. The highest BCUT2D eigenvalue weighted by Gasteiger charge is 2.41. The van der Waals surface area contributed by atoms with Gasteiger partial charge in [0, 0.05) is 17.6 Å². The second-order valence-corrected chi connectivity index (χ2v) is 5.71. The molecule has 1 aliphatic heterocycles. The summed E-state index contributed by atoms with van der Waals surface area (Å²) in [6.45, 7) is 1.08. The smallest absolute Gasteiger partial charge is 0.298 e. The van der Waals surface area contributed by atoms with Crippen LogP contribution in [0.3, 0.4) is 0 Å². The van der Waals surface area contributed by atoms with Crippen LogP contribution in [0.5, 0.6) is 0 Å². The van der Waals surface area contributed by atoms with Crippen LogP contribution in [0.15, 0.2) is 22.7 Å². The van der Waals surface area contributed by atoms with E-state index in [0.717, 1.165) is 5.56 Å². The first-order chi connectivity index (χ1) is 8.86. The third-order valence-corrected chi connectivity index (χ3v) is 4.12. The summed E-state index contributed by atoms with van der Waals surface area (Å²) in [7, 11) is 0. The third kappa shape index (κ3) is 3.92. The first kappa shape index (κ1) is 14.8. The maximum absolute atomic E-state index is 13.0. The second-order valence-electron chi connectivity index (χ2n) is 4.85. The Labute approximate surface area is 117 Å². The summed E-state index contributed by atoms with van der Waals surface area (Å²) in [6.07, 6.45) is -3.38. The van der Waals surface area contributed by atoms with Gasteiger partial charge in [0.15, 0.2) is 0 Å². The fourth-order valence-corrected chi connectivity index (χ4v) is 2.83. The third-order valence-electron chi connectivity index (χ3n) is 3.38. The average Bonchev–Trinajstić information content (AvgIpc) is 2.32. The van der Waals surface area contributed by atoms with Gasteiger partial charge in [0.2, 0.25) is 0 Å². The summed E-state index contributed by atoms with van der Waals surface area (Å²) in [4.78, 5) is 1.78. The molecule has 1 aliphatic rings. The highest BCUT2D eigenvalue weighted by atomic mass is 79.9. The van der Waals surface area contributed by atoms with Crippen LogP contribution in [0.1, 0.15) is 18.4 Å². The Morgan fingerprint density at radius 2 is 2.05 bits per heavy atom. The molecule has 1 aromatic carbocycles. The van der Waals surface area contributed by atoms with Gasteiger partial charge in [0.05, 0.1) is 5.92 Å². The molecule has 19 heavy (non-hydrogen) atoms. The Morgan fingerprint density at radius 3 is 2.68 bits per heavy atom. The van der Waals surface area contributed by atoms with Gasteiger partial charge in [-0.05, 0) is 37.1 Å². The van der Waals surface area contributed by atoms with E-state index in [1.54, 1.807) is 11.0 Å². The van der Waals surface area contributed by atoms with Gasteiger partial charge in [0.1, 0.15) is 5.82 Å². The number of hydrogen-bond donors (Lipinski definition) is 0. The van der Waals surface area contributed by atoms with Crippen molar-refractivity contribution in [3.05, 3.63) is 34.1 Å². The van der Waals surface area contributed by atoms with Crippen LogP contribution in [-0.4, -0.2) is 24.2 Å². The molecule has 6 heteroatoms. The Morgan fingerprint density at radius 1 is 1.32 bits per heavy atom. The Hall–Kier alpha value is -0.620. The molecular formula is C13H14BrF4N. The van der Waals surface area contributed by atoms with E-state index in [9.17, 15) is 17.6 Å². The van der Waals surface area contributed by atoms with Crippen LogP contribution < -0.4 is 0 Å². The summed E-state index contributed by atoms with van der Waals surface area (Å²) in [5, 5.41) is 0. The van der Waals surface area contributed by atoms with Crippen molar-refractivity contribution in [1.82, 2.24) is 4.90 Å². The fraction of sp³-hybridized carbons (Fsp3) is 0.538. The summed E-state index contributed by atoms with van der Waals surface area (Å²) in [5.74, 6) is -1.61. The molecule has 0 radical (unpaired) electrons. The van der Waals surface area contributed by atoms with Gasteiger partial charge in [-0.3, -0.25) is 4.90 Å². The monoisotopic (exact) mass is 339 g/mol. The van der Waals surface area contributed by atoms with Gasteiger partial charge in [-0.2, -0.15) is 13.2 Å². The van der Waals surface area contributed by atoms with Gasteiger partial charge < -0.3 is 0 Å². The lowest BCUT2D eigenvalue weighted by atomic mass is 9.97. The summed E-state index contributed by atoms with van der Waals surface area (Å²) in [5.41, 5.74) is 0.809. The van der Waals surface area contributed by atoms with E-state index in [2.05, 4.69) is 15.9 Å². The molecule has 2 rings (SSSR count). The van der Waals surface area contributed by atoms with Crippen molar-refractivity contribution in [3.8, 4) is 0 Å².